The second-order valence-corrected chi connectivity index (χ2v) is 4.76. The number of aryl methyl sites for hydroxylation is 1. The standard InChI is InChI=1S/C16H15NO3/c18-13-7-3-4-8-14(13)20-15-10-9-11-5-1-2-6-12(11)17-16(15)19/h1-8,15,18H,9-10H2,(H,17,19). The van der Waals surface area contributed by atoms with E-state index in [-0.39, 0.29) is 11.7 Å². The Kier molecular flexibility index (Phi) is 3.29. The lowest BCUT2D eigenvalue weighted by molar-refractivity contribution is -0.122. The van der Waals surface area contributed by atoms with E-state index in [1.807, 2.05) is 24.3 Å². The van der Waals surface area contributed by atoms with Crippen LogP contribution in [0, 0.1) is 0 Å². The molecule has 1 aliphatic rings. The molecule has 4 heteroatoms. The Bertz CT molecular complexity index is 639. The van der Waals surface area contributed by atoms with Crippen molar-refractivity contribution in [3.05, 3.63) is 54.1 Å². The van der Waals surface area contributed by atoms with Gasteiger partial charge in [-0.25, -0.2) is 0 Å². The molecule has 3 rings (SSSR count). The summed E-state index contributed by atoms with van der Waals surface area (Å²) in [5, 5.41) is 12.6. The first-order valence-electron chi connectivity index (χ1n) is 6.57. The summed E-state index contributed by atoms with van der Waals surface area (Å²) in [5.41, 5.74) is 1.94. The number of carbonyl (C=O) groups excluding carboxylic acids is 1. The molecule has 102 valence electrons. The molecular weight excluding hydrogens is 254 g/mol. The number of carbonyl (C=O) groups is 1. The topological polar surface area (TPSA) is 58.6 Å². The number of ether oxygens (including phenoxy) is 1. The molecule has 2 aromatic rings. The minimum atomic E-state index is -0.601. The van der Waals surface area contributed by atoms with Crippen molar-refractivity contribution in [1.29, 1.82) is 0 Å². The minimum Gasteiger partial charge on any atom is -0.504 e. The van der Waals surface area contributed by atoms with Crippen molar-refractivity contribution >= 4 is 11.6 Å². The van der Waals surface area contributed by atoms with Crippen molar-refractivity contribution < 1.29 is 14.6 Å². The summed E-state index contributed by atoms with van der Waals surface area (Å²) in [5.74, 6) is 0.193. The van der Waals surface area contributed by atoms with Crippen molar-refractivity contribution in [3.63, 3.8) is 0 Å². The van der Waals surface area contributed by atoms with E-state index < -0.39 is 6.10 Å². The predicted octanol–water partition coefficient (Wildman–Crippen LogP) is 2.72. The Hall–Kier alpha value is -2.49. The Morgan fingerprint density at radius 1 is 1.10 bits per heavy atom. The van der Waals surface area contributed by atoms with Crippen LogP contribution >= 0.6 is 0 Å². The molecule has 1 unspecified atom stereocenters. The number of anilines is 1. The zero-order chi connectivity index (χ0) is 13.9. The number of aromatic hydroxyl groups is 1. The van der Waals surface area contributed by atoms with Crippen molar-refractivity contribution in [2.75, 3.05) is 5.32 Å². The van der Waals surface area contributed by atoms with Crippen LogP contribution in [0.25, 0.3) is 0 Å². The largest absolute Gasteiger partial charge is 0.504 e. The van der Waals surface area contributed by atoms with E-state index in [1.54, 1.807) is 24.3 Å². The molecule has 1 amide bonds. The third-order valence-corrected chi connectivity index (χ3v) is 3.38. The first kappa shape index (κ1) is 12.5. The smallest absolute Gasteiger partial charge is 0.265 e. The number of phenolic OH excluding ortho intramolecular Hbond substituents is 1. The molecule has 1 atom stereocenters. The summed E-state index contributed by atoms with van der Waals surface area (Å²) in [6.45, 7) is 0. The van der Waals surface area contributed by atoms with Gasteiger partial charge in [0, 0.05) is 5.69 Å². The van der Waals surface area contributed by atoms with Crippen molar-refractivity contribution in [2.24, 2.45) is 0 Å². The van der Waals surface area contributed by atoms with Gasteiger partial charge in [-0.3, -0.25) is 4.79 Å². The van der Waals surface area contributed by atoms with E-state index in [9.17, 15) is 9.90 Å². The van der Waals surface area contributed by atoms with Crippen LogP contribution in [0.2, 0.25) is 0 Å². The average Bonchev–Trinajstić information content (AvgIpc) is 2.61. The third kappa shape index (κ3) is 2.45. The maximum Gasteiger partial charge on any atom is 0.265 e. The Balaban J connectivity index is 1.80. The van der Waals surface area contributed by atoms with Gasteiger partial charge in [-0.1, -0.05) is 30.3 Å². The molecule has 0 saturated carbocycles. The number of hydrogen-bond donors (Lipinski definition) is 2. The average molecular weight is 269 g/mol. The second-order valence-electron chi connectivity index (χ2n) is 4.76. The molecular formula is C16H15NO3. The zero-order valence-corrected chi connectivity index (χ0v) is 10.9. The molecule has 0 radical (unpaired) electrons. The van der Waals surface area contributed by atoms with Crippen molar-refractivity contribution in [3.8, 4) is 11.5 Å². The highest BCUT2D eigenvalue weighted by Crippen LogP contribution is 2.28. The van der Waals surface area contributed by atoms with Gasteiger partial charge in [-0.15, -0.1) is 0 Å². The lowest BCUT2D eigenvalue weighted by atomic mass is 10.1. The summed E-state index contributed by atoms with van der Waals surface area (Å²) in [6.07, 6.45) is 0.736. The van der Waals surface area contributed by atoms with Gasteiger partial charge in [0.2, 0.25) is 0 Å². The molecule has 2 N–H and O–H groups in total. The van der Waals surface area contributed by atoms with Gasteiger partial charge < -0.3 is 15.2 Å². The Labute approximate surface area is 117 Å². The summed E-state index contributed by atoms with van der Waals surface area (Å²) in [7, 11) is 0. The molecule has 0 aromatic heterocycles. The molecule has 0 aliphatic carbocycles. The van der Waals surface area contributed by atoms with Crippen molar-refractivity contribution in [2.45, 2.75) is 18.9 Å². The summed E-state index contributed by atoms with van der Waals surface area (Å²) < 4.78 is 5.65. The van der Waals surface area contributed by atoms with E-state index >= 15 is 0 Å². The van der Waals surface area contributed by atoms with Crippen LogP contribution in [0.5, 0.6) is 11.5 Å². The van der Waals surface area contributed by atoms with Gasteiger partial charge in [-0.2, -0.15) is 0 Å². The number of fused-ring (bicyclic) bond motifs is 1. The second kappa shape index (κ2) is 5.25. The highest BCUT2D eigenvalue weighted by Gasteiger charge is 2.25. The highest BCUT2D eigenvalue weighted by molar-refractivity contribution is 5.95. The molecule has 0 fully saturated rings. The van der Waals surface area contributed by atoms with Gasteiger partial charge >= 0.3 is 0 Å². The number of nitrogens with one attached hydrogen (secondary N) is 1. The van der Waals surface area contributed by atoms with Gasteiger partial charge in [0.05, 0.1) is 0 Å². The summed E-state index contributed by atoms with van der Waals surface area (Å²) in [4.78, 5) is 12.2. The van der Waals surface area contributed by atoms with Crippen LogP contribution in [-0.4, -0.2) is 17.1 Å². The third-order valence-electron chi connectivity index (χ3n) is 3.38. The van der Waals surface area contributed by atoms with Crippen LogP contribution in [0.1, 0.15) is 12.0 Å². The number of hydrogen-bond acceptors (Lipinski definition) is 3. The van der Waals surface area contributed by atoms with E-state index in [0.29, 0.717) is 12.2 Å². The first-order chi connectivity index (χ1) is 9.74. The number of amides is 1. The maximum atomic E-state index is 12.2. The quantitative estimate of drug-likeness (QED) is 0.881. The number of rotatable bonds is 2. The summed E-state index contributed by atoms with van der Waals surface area (Å²) >= 11 is 0. The molecule has 0 bridgehead atoms. The van der Waals surface area contributed by atoms with Gasteiger partial charge in [-0.05, 0) is 36.6 Å². The normalized spacial score (nSPS) is 17.8. The van der Waals surface area contributed by atoms with E-state index in [2.05, 4.69) is 5.32 Å². The lowest BCUT2D eigenvalue weighted by Gasteiger charge is -2.16. The van der Waals surface area contributed by atoms with E-state index in [1.165, 1.54) is 0 Å². The molecule has 4 nitrogen and oxygen atoms in total. The minimum absolute atomic E-state index is 0.0436. The number of para-hydroxylation sites is 3. The van der Waals surface area contributed by atoms with E-state index in [0.717, 1.165) is 17.7 Å². The monoisotopic (exact) mass is 269 g/mol. The van der Waals surface area contributed by atoms with Gasteiger partial charge in [0.25, 0.3) is 5.91 Å². The molecule has 2 aromatic carbocycles. The Morgan fingerprint density at radius 2 is 1.85 bits per heavy atom. The van der Waals surface area contributed by atoms with Crippen LogP contribution in [0.3, 0.4) is 0 Å². The molecule has 0 saturated heterocycles. The first-order valence-corrected chi connectivity index (χ1v) is 6.57. The van der Waals surface area contributed by atoms with Crippen LogP contribution in [0.15, 0.2) is 48.5 Å². The SMILES string of the molecule is O=C1Nc2ccccc2CCC1Oc1ccccc1O. The number of phenols is 1. The van der Waals surface area contributed by atoms with E-state index in [4.69, 9.17) is 4.74 Å². The van der Waals surface area contributed by atoms with Gasteiger partial charge in [0.1, 0.15) is 0 Å². The van der Waals surface area contributed by atoms with Crippen molar-refractivity contribution in [1.82, 2.24) is 0 Å². The summed E-state index contributed by atoms with van der Waals surface area (Å²) in [6, 6.07) is 14.4. The molecule has 1 aliphatic heterocycles. The fraction of sp³-hybridized carbons (Fsp3) is 0.188. The van der Waals surface area contributed by atoms with Crippen LogP contribution < -0.4 is 10.1 Å². The molecule has 1 heterocycles. The fourth-order valence-corrected chi connectivity index (χ4v) is 2.31. The predicted molar refractivity (Wildman–Crippen MR) is 75.9 cm³/mol. The Morgan fingerprint density at radius 3 is 2.70 bits per heavy atom. The molecule has 20 heavy (non-hydrogen) atoms. The number of benzene rings is 2. The zero-order valence-electron chi connectivity index (χ0n) is 10.9. The van der Waals surface area contributed by atoms with Crippen LogP contribution in [-0.2, 0) is 11.2 Å². The van der Waals surface area contributed by atoms with Gasteiger partial charge in [0.15, 0.2) is 17.6 Å². The lowest BCUT2D eigenvalue weighted by Crippen LogP contribution is -2.31. The highest BCUT2D eigenvalue weighted by atomic mass is 16.5. The molecule has 0 spiro atoms. The fourth-order valence-electron chi connectivity index (χ4n) is 2.31. The van der Waals surface area contributed by atoms with Crippen LogP contribution in [0.4, 0.5) is 5.69 Å². The maximum absolute atomic E-state index is 12.2.